The van der Waals surface area contributed by atoms with Crippen LogP contribution in [0.3, 0.4) is 0 Å². The maximum absolute atomic E-state index is 4.38. The van der Waals surface area contributed by atoms with E-state index in [1.807, 2.05) is 12.4 Å². The molecule has 0 fully saturated rings. The third kappa shape index (κ3) is 4.06. The van der Waals surface area contributed by atoms with Gasteiger partial charge in [-0.15, -0.1) is 0 Å². The second kappa shape index (κ2) is 6.67. The molecule has 0 radical (unpaired) electrons. The Kier molecular flexibility index (Phi) is 5.52. The highest BCUT2D eigenvalue weighted by atomic mass is 15.2. The van der Waals surface area contributed by atoms with E-state index >= 15 is 0 Å². The average molecular weight is 237 g/mol. The summed E-state index contributed by atoms with van der Waals surface area (Å²) in [6.07, 6.45) is 5.06. The van der Waals surface area contributed by atoms with Crippen LogP contribution in [0.15, 0.2) is 12.4 Å². The lowest BCUT2D eigenvalue weighted by Crippen LogP contribution is -2.25. The minimum Gasteiger partial charge on any atom is -0.355 e. The van der Waals surface area contributed by atoms with Gasteiger partial charge in [-0.2, -0.15) is 0 Å². The third-order valence-electron chi connectivity index (χ3n) is 3.39. The van der Waals surface area contributed by atoms with Gasteiger partial charge in [0.2, 0.25) is 5.95 Å². The van der Waals surface area contributed by atoms with Crippen LogP contribution in [-0.2, 0) is 6.54 Å². The molecule has 1 aromatic rings. The molecule has 0 spiro atoms. The molecule has 0 atom stereocenters. The summed E-state index contributed by atoms with van der Waals surface area (Å²) in [4.78, 5) is 4.38. The highest BCUT2D eigenvalue weighted by Gasteiger charge is 2.17. The molecule has 0 unspecified atom stereocenters. The molecule has 0 aliphatic heterocycles. The molecule has 0 saturated carbocycles. The summed E-state index contributed by atoms with van der Waals surface area (Å²) in [7, 11) is 0. The molecule has 1 N–H and O–H groups in total. The van der Waals surface area contributed by atoms with Crippen molar-refractivity contribution in [1.82, 2.24) is 9.55 Å². The maximum atomic E-state index is 4.38. The lowest BCUT2D eigenvalue weighted by molar-refractivity contribution is 0.303. The fraction of sp³-hybridized carbons (Fsp3) is 0.786. The van der Waals surface area contributed by atoms with Crippen molar-refractivity contribution in [3.63, 3.8) is 0 Å². The zero-order valence-corrected chi connectivity index (χ0v) is 11.9. The van der Waals surface area contributed by atoms with E-state index in [0.29, 0.717) is 17.8 Å². The number of hydrogen-bond donors (Lipinski definition) is 1. The average Bonchev–Trinajstić information content (AvgIpc) is 2.65. The molecule has 17 heavy (non-hydrogen) atoms. The van der Waals surface area contributed by atoms with Crippen molar-refractivity contribution in [2.45, 2.75) is 47.6 Å². The number of nitrogens with one attached hydrogen (secondary N) is 1. The molecule has 3 heteroatoms. The summed E-state index contributed by atoms with van der Waals surface area (Å²) >= 11 is 0. The molecule has 0 amide bonds. The molecule has 1 aromatic heterocycles. The molecule has 3 nitrogen and oxygen atoms in total. The van der Waals surface area contributed by atoms with Gasteiger partial charge in [0.25, 0.3) is 0 Å². The Balaban J connectivity index is 2.56. The summed E-state index contributed by atoms with van der Waals surface area (Å²) in [5, 5.41) is 3.49. The smallest absolute Gasteiger partial charge is 0.202 e. The van der Waals surface area contributed by atoms with E-state index in [2.05, 4.69) is 49.5 Å². The standard InChI is InChI=1S/C14H27N3/c1-6-8-17-9-7-15-14(17)16-10-13(11(2)3)12(4)5/h7,9,11-13H,6,8,10H2,1-5H3,(H,15,16). The van der Waals surface area contributed by atoms with Crippen molar-refractivity contribution in [2.24, 2.45) is 17.8 Å². The molecular weight excluding hydrogens is 210 g/mol. The van der Waals surface area contributed by atoms with E-state index in [0.717, 1.165) is 25.5 Å². The summed E-state index contributed by atoms with van der Waals surface area (Å²) in [6, 6.07) is 0. The van der Waals surface area contributed by atoms with Crippen molar-refractivity contribution in [3.05, 3.63) is 12.4 Å². The van der Waals surface area contributed by atoms with Gasteiger partial charge in [0.1, 0.15) is 0 Å². The van der Waals surface area contributed by atoms with Crippen LogP contribution in [0.4, 0.5) is 5.95 Å². The van der Waals surface area contributed by atoms with Gasteiger partial charge < -0.3 is 9.88 Å². The van der Waals surface area contributed by atoms with Gasteiger partial charge in [-0.3, -0.25) is 0 Å². The first kappa shape index (κ1) is 14.1. The highest BCUT2D eigenvalue weighted by molar-refractivity contribution is 5.25. The molecule has 1 heterocycles. The van der Waals surface area contributed by atoms with E-state index in [1.54, 1.807) is 0 Å². The quantitative estimate of drug-likeness (QED) is 0.784. The van der Waals surface area contributed by atoms with Crippen LogP contribution < -0.4 is 5.32 Å². The van der Waals surface area contributed by atoms with Crippen molar-refractivity contribution in [1.29, 1.82) is 0 Å². The predicted octanol–water partition coefficient (Wildman–Crippen LogP) is 3.63. The van der Waals surface area contributed by atoms with Crippen LogP contribution in [0.5, 0.6) is 0 Å². The van der Waals surface area contributed by atoms with Crippen LogP contribution >= 0.6 is 0 Å². The first-order valence-electron chi connectivity index (χ1n) is 6.81. The normalized spacial score (nSPS) is 11.8. The Morgan fingerprint density at radius 1 is 1.24 bits per heavy atom. The van der Waals surface area contributed by atoms with Gasteiger partial charge in [-0.05, 0) is 24.2 Å². The number of imidazole rings is 1. The topological polar surface area (TPSA) is 29.9 Å². The van der Waals surface area contributed by atoms with Crippen molar-refractivity contribution < 1.29 is 0 Å². The third-order valence-corrected chi connectivity index (χ3v) is 3.39. The fourth-order valence-corrected chi connectivity index (χ4v) is 2.35. The molecular formula is C14H27N3. The zero-order valence-electron chi connectivity index (χ0n) is 11.9. The molecule has 0 aliphatic rings. The number of aromatic nitrogens is 2. The Morgan fingerprint density at radius 2 is 1.88 bits per heavy atom. The van der Waals surface area contributed by atoms with Crippen molar-refractivity contribution >= 4 is 5.95 Å². The number of anilines is 1. The molecule has 1 rings (SSSR count). The summed E-state index contributed by atoms with van der Waals surface area (Å²) in [5.41, 5.74) is 0. The van der Waals surface area contributed by atoms with E-state index in [-0.39, 0.29) is 0 Å². The van der Waals surface area contributed by atoms with E-state index in [9.17, 15) is 0 Å². The maximum Gasteiger partial charge on any atom is 0.202 e. The summed E-state index contributed by atoms with van der Waals surface area (Å²) in [6.45, 7) is 13.4. The van der Waals surface area contributed by atoms with Gasteiger partial charge in [-0.25, -0.2) is 4.98 Å². The first-order chi connectivity index (χ1) is 8.06. The Labute approximate surface area is 106 Å². The Morgan fingerprint density at radius 3 is 2.41 bits per heavy atom. The second-order valence-corrected chi connectivity index (χ2v) is 5.48. The molecule has 98 valence electrons. The van der Waals surface area contributed by atoms with Crippen LogP contribution in [-0.4, -0.2) is 16.1 Å². The number of hydrogen-bond acceptors (Lipinski definition) is 2. The number of rotatable bonds is 7. The molecule has 0 aromatic carbocycles. The van der Waals surface area contributed by atoms with Gasteiger partial charge in [-0.1, -0.05) is 34.6 Å². The first-order valence-corrected chi connectivity index (χ1v) is 6.81. The van der Waals surface area contributed by atoms with Gasteiger partial charge in [0.15, 0.2) is 0 Å². The summed E-state index contributed by atoms with van der Waals surface area (Å²) in [5.74, 6) is 3.12. The number of nitrogens with zero attached hydrogens (tertiary/aromatic N) is 2. The van der Waals surface area contributed by atoms with E-state index in [1.165, 1.54) is 0 Å². The molecule has 0 aliphatic carbocycles. The second-order valence-electron chi connectivity index (χ2n) is 5.48. The Hall–Kier alpha value is -0.990. The van der Waals surface area contributed by atoms with Crippen LogP contribution in [0, 0.1) is 17.8 Å². The van der Waals surface area contributed by atoms with Crippen LogP contribution in [0.1, 0.15) is 41.0 Å². The largest absolute Gasteiger partial charge is 0.355 e. The van der Waals surface area contributed by atoms with Gasteiger partial charge in [0, 0.05) is 25.5 Å². The lowest BCUT2D eigenvalue weighted by Gasteiger charge is -2.25. The predicted molar refractivity (Wildman–Crippen MR) is 74.2 cm³/mol. The van der Waals surface area contributed by atoms with Crippen LogP contribution in [0.2, 0.25) is 0 Å². The van der Waals surface area contributed by atoms with Gasteiger partial charge >= 0.3 is 0 Å². The number of aryl methyl sites for hydroxylation is 1. The minimum atomic E-state index is 0.696. The Bertz CT molecular complexity index is 307. The van der Waals surface area contributed by atoms with E-state index < -0.39 is 0 Å². The summed E-state index contributed by atoms with van der Waals surface area (Å²) < 4.78 is 2.19. The highest BCUT2D eigenvalue weighted by Crippen LogP contribution is 2.21. The minimum absolute atomic E-state index is 0.696. The molecule has 0 bridgehead atoms. The SMILES string of the molecule is CCCn1ccnc1NCC(C(C)C)C(C)C. The molecule has 0 saturated heterocycles. The van der Waals surface area contributed by atoms with Crippen molar-refractivity contribution in [3.8, 4) is 0 Å². The van der Waals surface area contributed by atoms with Crippen molar-refractivity contribution in [2.75, 3.05) is 11.9 Å². The van der Waals surface area contributed by atoms with E-state index in [4.69, 9.17) is 0 Å². The fourth-order valence-electron chi connectivity index (χ4n) is 2.35. The monoisotopic (exact) mass is 237 g/mol. The zero-order chi connectivity index (χ0) is 12.8. The lowest BCUT2D eigenvalue weighted by atomic mass is 9.85. The van der Waals surface area contributed by atoms with Gasteiger partial charge in [0.05, 0.1) is 0 Å². The van der Waals surface area contributed by atoms with Crippen LogP contribution in [0.25, 0.3) is 0 Å².